The largest absolute Gasteiger partial charge is 0.397 e. The fourth-order valence-electron chi connectivity index (χ4n) is 1.61. The van der Waals surface area contributed by atoms with Crippen LogP contribution in [0.4, 0.5) is 11.4 Å². The van der Waals surface area contributed by atoms with Crippen molar-refractivity contribution in [2.75, 3.05) is 10.5 Å². The number of aryl methyl sites for hydroxylation is 1. The third kappa shape index (κ3) is 3.19. The first-order chi connectivity index (χ1) is 8.88. The van der Waals surface area contributed by atoms with Crippen molar-refractivity contribution < 1.29 is 8.42 Å². The molecule has 0 aliphatic rings. The maximum absolute atomic E-state index is 12.2. The van der Waals surface area contributed by atoms with Crippen LogP contribution < -0.4 is 10.5 Å². The van der Waals surface area contributed by atoms with Crippen molar-refractivity contribution in [1.82, 2.24) is 0 Å². The average molecular weight is 297 g/mol. The molecule has 2 aromatic carbocycles. The summed E-state index contributed by atoms with van der Waals surface area (Å²) >= 11 is 5.77. The molecular formula is C13H13ClN2O2S. The van der Waals surface area contributed by atoms with Crippen LogP contribution in [0.2, 0.25) is 5.02 Å². The Hall–Kier alpha value is -1.72. The molecule has 4 nitrogen and oxygen atoms in total. The highest BCUT2D eigenvalue weighted by atomic mass is 35.5. The summed E-state index contributed by atoms with van der Waals surface area (Å²) in [7, 11) is -3.64. The van der Waals surface area contributed by atoms with Crippen LogP contribution in [0.25, 0.3) is 0 Å². The molecule has 0 unspecified atom stereocenters. The molecule has 3 N–H and O–H groups in total. The summed E-state index contributed by atoms with van der Waals surface area (Å²) in [6.45, 7) is 1.83. The highest BCUT2D eigenvalue weighted by Gasteiger charge is 2.15. The molecule has 0 heterocycles. The van der Waals surface area contributed by atoms with Gasteiger partial charge in [-0.25, -0.2) is 8.42 Å². The fraction of sp³-hybridized carbons (Fsp3) is 0.0769. The molecule has 0 saturated carbocycles. The van der Waals surface area contributed by atoms with Gasteiger partial charge in [0.15, 0.2) is 0 Å². The molecule has 0 radical (unpaired) electrons. The van der Waals surface area contributed by atoms with Crippen LogP contribution in [0, 0.1) is 6.92 Å². The Labute approximate surface area is 117 Å². The lowest BCUT2D eigenvalue weighted by Crippen LogP contribution is -2.14. The van der Waals surface area contributed by atoms with E-state index in [1.54, 1.807) is 18.2 Å². The molecule has 100 valence electrons. The Morgan fingerprint density at radius 2 is 1.89 bits per heavy atom. The van der Waals surface area contributed by atoms with Crippen molar-refractivity contribution >= 4 is 33.0 Å². The standard InChI is InChI=1S/C13H13ClN2O2S/c1-9-3-2-4-11(7-9)19(17,18)16-13-6-5-10(14)8-12(13)15/h2-8,16H,15H2,1H3. The van der Waals surface area contributed by atoms with Crippen LogP contribution in [-0.2, 0) is 10.0 Å². The number of benzene rings is 2. The molecule has 2 rings (SSSR count). The normalized spacial score (nSPS) is 11.3. The van der Waals surface area contributed by atoms with Gasteiger partial charge in [0.1, 0.15) is 0 Å². The van der Waals surface area contributed by atoms with Gasteiger partial charge in [-0.05, 0) is 42.8 Å². The lowest BCUT2D eigenvalue weighted by Gasteiger charge is -2.11. The number of nitrogen functional groups attached to an aromatic ring is 1. The molecular weight excluding hydrogens is 284 g/mol. The molecule has 2 aromatic rings. The minimum atomic E-state index is -3.64. The van der Waals surface area contributed by atoms with Crippen LogP contribution in [-0.4, -0.2) is 8.42 Å². The minimum absolute atomic E-state index is 0.196. The number of nitrogens with two attached hydrogens (primary N) is 1. The Kier molecular flexibility index (Phi) is 3.68. The summed E-state index contributed by atoms with van der Waals surface area (Å²) in [4.78, 5) is 0.196. The fourth-order valence-corrected chi connectivity index (χ4v) is 2.99. The zero-order valence-corrected chi connectivity index (χ0v) is 11.8. The quantitative estimate of drug-likeness (QED) is 0.855. The summed E-state index contributed by atoms with van der Waals surface area (Å²) in [5, 5.41) is 0.455. The van der Waals surface area contributed by atoms with Gasteiger partial charge in [0.05, 0.1) is 16.3 Å². The Morgan fingerprint density at radius 3 is 2.53 bits per heavy atom. The van der Waals surface area contributed by atoms with Crippen molar-refractivity contribution in [2.45, 2.75) is 11.8 Å². The maximum Gasteiger partial charge on any atom is 0.261 e. The Balaban J connectivity index is 2.36. The van der Waals surface area contributed by atoms with E-state index >= 15 is 0 Å². The number of hydrogen-bond acceptors (Lipinski definition) is 3. The number of hydrogen-bond donors (Lipinski definition) is 2. The van der Waals surface area contributed by atoms with Gasteiger partial charge in [-0.1, -0.05) is 23.7 Å². The van der Waals surface area contributed by atoms with E-state index in [-0.39, 0.29) is 10.6 Å². The zero-order valence-electron chi connectivity index (χ0n) is 10.2. The van der Waals surface area contributed by atoms with Crippen molar-refractivity contribution in [3.63, 3.8) is 0 Å². The molecule has 6 heteroatoms. The third-order valence-corrected chi connectivity index (χ3v) is 4.16. The summed E-state index contributed by atoms with van der Waals surface area (Å²) in [6, 6.07) is 11.2. The number of nitrogens with one attached hydrogen (secondary N) is 1. The van der Waals surface area contributed by atoms with E-state index < -0.39 is 10.0 Å². The van der Waals surface area contributed by atoms with Crippen molar-refractivity contribution in [3.05, 3.63) is 53.1 Å². The van der Waals surface area contributed by atoms with E-state index in [9.17, 15) is 8.42 Å². The van der Waals surface area contributed by atoms with Crippen LogP contribution in [0.15, 0.2) is 47.4 Å². The second-order valence-corrected chi connectivity index (χ2v) is 6.27. The van der Waals surface area contributed by atoms with Crippen LogP contribution in [0.1, 0.15) is 5.56 Å². The molecule has 0 bridgehead atoms. The molecule has 19 heavy (non-hydrogen) atoms. The van der Waals surface area contributed by atoms with Crippen LogP contribution in [0.3, 0.4) is 0 Å². The van der Waals surface area contributed by atoms with Gasteiger partial charge >= 0.3 is 0 Å². The molecule has 0 fully saturated rings. The van der Waals surface area contributed by atoms with E-state index in [1.807, 2.05) is 13.0 Å². The van der Waals surface area contributed by atoms with E-state index in [4.69, 9.17) is 17.3 Å². The Morgan fingerprint density at radius 1 is 1.16 bits per heavy atom. The van der Waals surface area contributed by atoms with Gasteiger partial charge in [-0.15, -0.1) is 0 Å². The minimum Gasteiger partial charge on any atom is -0.397 e. The topological polar surface area (TPSA) is 72.2 Å². The van der Waals surface area contributed by atoms with E-state index in [2.05, 4.69) is 4.72 Å². The second-order valence-electron chi connectivity index (χ2n) is 4.15. The van der Waals surface area contributed by atoms with Crippen LogP contribution in [0.5, 0.6) is 0 Å². The number of halogens is 1. The van der Waals surface area contributed by atoms with Crippen molar-refractivity contribution in [3.8, 4) is 0 Å². The number of rotatable bonds is 3. The van der Waals surface area contributed by atoms with E-state index in [1.165, 1.54) is 18.2 Å². The number of sulfonamides is 1. The molecule has 0 aliphatic carbocycles. The predicted molar refractivity (Wildman–Crippen MR) is 77.9 cm³/mol. The zero-order chi connectivity index (χ0) is 14.0. The maximum atomic E-state index is 12.2. The van der Waals surface area contributed by atoms with Gasteiger partial charge in [0, 0.05) is 5.02 Å². The first-order valence-corrected chi connectivity index (χ1v) is 7.39. The van der Waals surface area contributed by atoms with Gasteiger partial charge < -0.3 is 5.73 Å². The lowest BCUT2D eigenvalue weighted by atomic mass is 10.2. The highest BCUT2D eigenvalue weighted by Crippen LogP contribution is 2.25. The van der Waals surface area contributed by atoms with E-state index in [0.717, 1.165) is 5.56 Å². The first kappa shape index (κ1) is 13.7. The predicted octanol–water partition coefficient (Wildman–Crippen LogP) is 3.03. The van der Waals surface area contributed by atoms with Gasteiger partial charge in [-0.2, -0.15) is 0 Å². The first-order valence-electron chi connectivity index (χ1n) is 5.53. The molecule has 0 saturated heterocycles. The highest BCUT2D eigenvalue weighted by molar-refractivity contribution is 7.92. The van der Waals surface area contributed by atoms with Gasteiger partial charge in [0.25, 0.3) is 10.0 Å². The Bertz CT molecular complexity index is 714. The molecule has 0 amide bonds. The average Bonchev–Trinajstić information content (AvgIpc) is 2.33. The summed E-state index contributed by atoms with van der Waals surface area (Å²) < 4.78 is 26.8. The summed E-state index contributed by atoms with van der Waals surface area (Å²) in [6.07, 6.45) is 0. The number of anilines is 2. The second kappa shape index (κ2) is 5.11. The summed E-state index contributed by atoms with van der Waals surface area (Å²) in [5.74, 6) is 0. The van der Waals surface area contributed by atoms with Crippen molar-refractivity contribution in [2.24, 2.45) is 0 Å². The third-order valence-electron chi connectivity index (χ3n) is 2.56. The molecule has 0 aliphatic heterocycles. The van der Waals surface area contributed by atoms with Gasteiger partial charge in [-0.3, -0.25) is 4.72 Å². The van der Waals surface area contributed by atoms with E-state index in [0.29, 0.717) is 10.7 Å². The molecule has 0 spiro atoms. The SMILES string of the molecule is Cc1cccc(S(=O)(=O)Nc2ccc(Cl)cc2N)c1. The lowest BCUT2D eigenvalue weighted by molar-refractivity contribution is 0.601. The van der Waals surface area contributed by atoms with Crippen LogP contribution >= 0.6 is 11.6 Å². The molecule has 0 aromatic heterocycles. The van der Waals surface area contributed by atoms with Gasteiger partial charge in [0.2, 0.25) is 0 Å². The molecule has 0 atom stereocenters. The smallest absolute Gasteiger partial charge is 0.261 e. The monoisotopic (exact) mass is 296 g/mol. The summed E-state index contributed by atoms with van der Waals surface area (Å²) in [5.41, 5.74) is 7.18. The van der Waals surface area contributed by atoms with Crippen molar-refractivity contribution in [1.29, 1.82) is 0 Å².